The van der Waals surface area contributed by atoms with Crippen LogP contribution in [0.1, 0.15) is 477 Å². The highest BCUT2D eigenvalue weighted by Crippen LogP contribution is 2.37. The van der Waals surface area contributed by atoms with Crippen LogP contribution in [0.4, 0.5) is 5.69 Å². The second kappa shape index (κ2) is 66.0. The van der Waals surface area contributed by atoms with E-state index in [1.54, 1.807) is 12.1 Å². The number of nitrogens with zero attached hydrogens (tertiary/aromatic N) is 2. The fourth-order valence-electron chi connectivity index (χ4n) is 16.0. The van der Waals surface area contributed by atoms with Crippen molar-refractivity contribution in [3.63, 3.8) is 0 Å². The first-order chi connectivity index (χ1) is 50.5. The highest BCUT2D eigenvalue weighted by molar-refractivity contribution is 7.85. The lowest BCUT2D eigenvalue weighted by atomic mass is 10.0. The zero-order valence-corrected chi connectivity index (χ0v) is 71.6. The van der Waals surface area contributed by atoms with Crippen LogP contribution < -0.4 is 5.32 Å². The minimum absolute atomic E-state index is 0.154. The molecule has 0 saturated carbocycles. The minimum Gasteiger partial charge on any atom is -0.744 e. The third-order valence-corrected chi connectivity index (χ3v) is 24.0. The first-order valence-electron chi connectivity index (χ1n) is 45.9. The quantitative estimate of drug-likeness (QED) is 0.0306. The van der Waals surface area contributed by atoms with Gasteiger partial charge in [-0.25, -0.2) is 8.42 Å². The predicted molar refractivity (Wildman–Crippen MR) is 455 cm³/mol. The number of carbonyl (C=O) groups excluding carboxylic acids is 2. The highest BCUT2D eigenvalue weighted by Gasteiger charge is 2.35. The average Bonchev–Trinajstić information content (AvgIpc) is 1.61. The van der Waals surface area contributed by atoms with E-state index in [2.05, 4.69) is 61.2 Å². The SMILES string of the molecule is CCCCCCCCCCCCCCCCCCC[N+](C)(C)CCCCCCCCCCCCCCCCCC.CCCCCCCCCCCCCCCCCC[N+](C)(C)CCCCCCCCCCCCCCCCCC.Cc1ccc2c(c1)C(=O)/C(=C1\Cc3ccc(S(=O)(=O)[O-])cc3C1=O)N2. The van der Waals surface area contributed by atoms with Crippen molar-refractivity contribution in [2.75, 3.05) is 59.7 Å². The Labute approximate surface area is 648 Å². The number of rotatable bonds is 70. The molecule has 0 fully saturated rings. The summed E-state index contributed by atoms with van der Waals surface area (Å²) in [7, 11) is 5.23. The molecule has 1 heterocycles. The van der Waals surface area contributed by atoms with Crippen molar-refractivity contribution in [2.45, 2.75) is 463 Å². The number of benzene rings is 2. The molecule has 604 valence electrons. The molecule has 0 spiro atoms. The molecule has 2 aliphatic rings. The van der Waals surface area contributed by atoms with Gasteiger partial charge in [-0.2, -0.15) is 0 Å². The van der Waals surface area contributed by atoms with E-state index in [0.717, 1.165) is 11.6 Å². The van der Waals surface area contributed by atoms with Crippen LogP contribution in [0.5, 0.6) is 0 Å². The summed E-state index contributed by atoms with van der Waals surface area (Å²) in [4.78, 5) is 24.9. The summed E-state index contributed by atoms with van der Waals surface area (Å²) < 4.78 is 36.0. The van der Waals surface area contributed by atoms with Crippen LogP contribution in [0.15, 0.2) is 52.6 Å². The number of aryl methyl sites for hydroxylation is 1. The van der Waals surface area contributed by atoms with Gasteiger partial charge in [0.15, 0.2) is 5.78 Å². The lowest BCUT2D eigenvalue weighted by Gasteiger charge is -2.30. The van der Waals surface area contributed by atoms with E-state index in [0.29, 0.717) is 16.8 Å². The third kappa shape index (κ3) is 53.1. The number of unbranched alkanes of at least 4 members (excludes halogenated alkanes) is 61. The smallest absolute Gasteiger partial charge is 0.211 e. The van der Waals surface area contributed by atoms with E-state index in [1.165, 1.54) is 465 Å². The van der Waals surface area contributed by atoms with E-state index >= 15 is 0 Å². The van der Waals surface area contributed by atoms with Crippen LogP contribution >= 0.6 is 0 Å². The Morgan fingerprint density at radius 2 is 0.558 bits per heavy atom. The van der Waals surface area contributed by atoms with Gasteiger partial charge in [0, 0.05) is 28.8 Å². The second-order valence-electron chi connectivity index (χ2n) is 34.5. The molecule has 2 aromatic rings. The monoisotopic (exact) mass is 1470 g/mol. The van der Waals surface area contributed by atoms with Crippen molar-refractivity contribution in [3.05, 3.63) is 69.9 Å². The van der Waals surface area contributed by atoms with Gasteiger partial charge in [0.05, 0.1) is 65.0 Å². The number of Topliss-reactive ketones (excluding diaryl/α,β-unsaturated/α-hetero) is 2. The van der Waals surface area contributed by atoms with E-state index in [-0.39, 0.29) is 29.0 Å². The number of carbonyl (C=O) groups is 2. The first kappa shape index (κ1) is 97.2. The average molecular weight is 1470 g/mol. The second-order valence-corrected chi connectivity index (χ2v) is 35.8. The third-order valence-electron chi connectivity index (χ3n) is 23.2. The van der Waals surface area contributed by atoms with Crippen LogP contribution in [0.2, 0.25) is 0 Å². The first-order valence-corrected chi connectivity index (χ1v) is 47.3. The Hall–Kier alpha value is -2.85. The molecule has 0 bridgehead atoms. The van der Waals surface area contributed by atoms with Crippen molar-refractivity contribution < 1.29 is 31.5 Å². The minimum atomic E-state index is -4.64. The van der Waals surface area contributed by atoms with Gasteiger partial charge in [0.25, 0.3) is 0 Å². The van der Waals surface area contributed by atoms with Crippen LogP contribution in [0.25, 0.3) is 0 Å². The molecule has 1 N–H and O–H groups in total. The van der Waals surface area contributed by atoms with Gasteiger partial charge >= 0.3 is 0 Å². The fraction of sp³-hybridized carbons (Fsp3) is 0.832. The summed E-state index contributed by atoms with van der Waals surface area (Å²) in [5, 5.41) is 2.99. The number of allylic oxidation sites excluding steroid dienone is 2. The molecule has 0 radical (unpaired) electrons. The summed E-state index contributed by atoms with van der Waals surface area (Å²) in [6, 6.07) is 9.12. The van der Waals surface area contributed by atoms with Gasteiger partial charge in [-0.1, -0.05) is 411 Å². The molecule has 2 aromatic carbocycles. The number of nitrogens with one attached hydrogen (secondary N) is 1. The highest BCUT2D eigenvalue weighted by atomic mass is 32.2. The Morgan fingerprint density at radius 3 is 0.798 bits per heavy atom. The normalized spacial score (nSPS) is 13.7. The van der Waals surface area contributed by atoms with E-state index < -0.39 is 20.8 Å². The molecule has 0 unspecified atom stereocenters. The van der Waals surface area contributed by atoms with Crippen molar-refractivity contribution >= 4 is 27.4 Å². The maximum absolute atomic E-state index is 12.7. The summed E-state index contributed by atoms with van der Waals surface area (Å²) in [5.41, 5.74) is 3.34. The van der Waals surface area contributed by atoms with Crippen LogP contribution in [-0.4, -0.2) is 87.9 Å². The van der Waals surface area contributed by atoms with Crippen molar-refractivity contribution in [1.29, 1.82) is 0 Å². The number of hydrogen-bond donors (Lipinski definition) is 1. The van der Waals surface area contributed by atoms with E-state index in [9.17, 15) is 22.6 Å². The lowest BCUT2D eigenvalue weighted by molar-refractivity contribution is -0.890. The number of fused-ring (bicyclic) bond motifs is 2. The van der Waals surface area contributed by atoms with Crippen molar-refractivity contribution in [3.8, 4) is 0 Å². The Bertz CT molecular complexity index is 2460. The molecule has 8 nitrogen and oxygen atoms in total. The number of quaternary nitrogens is 2. The molecule has 104 heavy (non-hydrogen) atoms. The van der Waals surface area contributed by atoms with Gasteiger partial charge in [0.2, 0.25) is 5.78 Å². The van der Waals surface area contributed by atoms with Crippen LogP contribution in [0, 0.1) is 6.92 Å². The van der Waals surface area contributed by atoms with Gasteiger partial charge in [-0.15, -0.1) is 0 Å². The van der Waals surface area contributed by atoms with E-state index in [1.807, 2.05) is 13.0 Å². The Morgan fingerprint density at radius 1 is 0.317 bits per heavy atom. The summed E-state index contributed by atoms with van der Waals surface area (Å²) >= 11 is 0. The summed E-state index contributed by atoms with van der Waals surface area (Å²) in [5.74, 6) is -0.688. The summed E-state index contributed by atoms with van der Waals surface area (Å²) in [6.07, 6.45) is 95.6. The van der Waals surface area contributed by atoms with Gasteiger partial charge in [0.1, 0.15) is 10.1 Å². The molecule has 0 saturated heterocycles. The van der Waals surface area contributed by atoms with E-state index in [4.69, 9.17) is 0 Å². The lowest BCUT2D eigenvalue weighted by Crippen LogP contribution is -2.41. The number of anilines is 1. The maximum atomic E-state index is 12.7. The fourth-order valence-corrected chi connectivity index (χ4v) is 16.5. The molecule has 1 aliphatic carbocycles. The van der Waals surface area contributed by atoms with Crippen molar-refractivity contribution in [1.82, 2.24) is 0 Å². The molecule has 4 rings (SSSR count). The molecule has 0 aromatic heterocycles. The standard InChI is InChI=1S/C39H82N.C38H80N.C18H13NO5S/c1-5-7-9-11-13-15-17-19-21-23-25-27-29-31-33-35-37-39-40(3,4)38-36-34-32-30-28-26-24-22-20-18-16-14-12-10-8-6-2;1-5-7-9-11-13-15-17-19-21-23-25-27-29-31-33-35-37-39(3,4)38-36-34-32-30-28-26-24-22-20-18-16-14-12-10-8-6-2;1-9-2-5-15-13(6-9)18(21)16(19-15)14-7-10-3-4-11(25(22,23)24)8-12(10)17(14)20/h5-39H2,1-4H3;5-38H2,1-4H3;2-6,8,19H,7H2,1H3,(H,22,23,24)/q2*+1;/p-1/b;;16-14-. The van der Waals surface area contributed by atoms with Gasteiger partial charge in [-0.3, -0.25) is 9.59 Å². The molecule has 9 heteroatoms. The van der Waals surface area contributed by atoms with Gasteiger partial charge in [-0.05, 0) is 88.1 Å². The van der Waals surface area contributed by atoms with Crippen LogP contribution in [0.3, 0.4) is 0 Å². The van der Waals surface area contributed by atoms with Crippen LogP contribution in [-0.2, 0) is 16.5 Å². The zero-order chi connectivity index (χ0) is 75.7. The van der Waals surface area contributed by atoms with Gasteiger partial charge < -0.3 is 18.8 Å². The number of hydrogen-bond acceptors (Lipinski definition) is 6. The predicted octanol–water partition coefficient (Wildman–Crippen LogP) is 29.8. The topological polar surface area (TPSA) is 103 Å². The molecule has 1 aliphatic heterocycles. The maximum Gasteiger partial charge on any atom is 0.211 e. The molecular formula is C95H174N3O5S+. The Balaban J connectivity index is 0.000000542. The molecule has 0 atom stereocenters. The number of ketones is 2. The molecular weight excluding hydrogens is 1300 g/mol. The summed E-state index contributed by atoms with van der Waals surface area (Å²) in [6.45, 7) is 16.7. The Kier molecular flexibility index (Phi) is 61.7. The largest absolute Gasteiger partial charge is 0.744 e. The van der Waals surface area contributed by atoms with Crippen molar-refractivity contribution in [2.24, 2.45) is 0 Å². The zero-order valence-electron chi connectivity index (χ0n) is 70.8. The molecule has 0 amide bonds.